The van der Waals surface area contributed by atoms with Crippen LogP contribution in [-0.4, -0.2) is 42.1 Å². The van der Waals surface area contributed by atoms with Gasteiger partial charge in [0, 0.05) is 24.6 Å². The molecule has 1 aromatic carbocycles. The maximum atomic E-state index is 12.1. The summed E-state index contributed by atoms with van der Waals surface area (Å²) >= 11 is 0. The van der Waals surface area contributed by atoms with Crippen LogP contribution in [0.1, 0.15) is 29.6 Å². The van der Waals surface area contributed by atoms with E-state index in [2.05, 4.69) is 4.74 Å². The number of hydrogen-bond acceptors (Lipinski definition) is 3. The number of likely N-dealkylation sites (tertiary alicyclic amines) is 1. The first-order chi connectivity index (χ1) is 10.4. The minimum Gasteiger partial charge on any atom is -0.440 e. The van der Waals surface area contributed by atoms with E-state index in [9.17, 15) is 22.8 Å². The Morgan fingerprint density at radius 1 is 1.23 bits per heavy atom. The lowest BCUT2D eigenvalue weighted by molar-refractivity contribution is -0.162. The zero-order valence-electron chi connectivity index (χ0n) is 11.8. The van der Waals surface area contributed by atoms with Crippen LogP contribution in [0.2, 0.25) is 0 Å². The lowest BCUT2D eigenvalue weighted by atomic mass is 10.0. The number of rotatable bonds is 4. The molecule has 1 atom stereocenters. The van der Waals surface area contributed by atoms with Gasteiger partial charge in [-0.2, -0.15) is 13.2 Å². The largest absolute Gasteiger partial charge is 0.440 e. The minimum atomic E-state index is -4.55. The minimum absolute atomic E-state index is 0.0884. The molecule has 1 aromatic rings. The summed E-state index contributed by atoms with van der Waals surface area (Å²) in [6.07, 6.45) is -4.25. The molecule has 2 rings (SSSR count). The second-order valence-corrected chi connectivity index (χ2v) is 5.15. The first-order valence-corrected chi connectivity index (χ1v) is 6.95. The number of carbonyl (C=O) groups is 2. The summed E-state index contributed by atoms with van der Waals surface area (Å²) in [4.78, 5) is 25.1. The van der Waals surface area contributed by atoms with Crippen LogP contribution in [0.4, 0.5) is 18.0 Å². The van der Waals surface area contributed by atoms with Crippen LogP contribution in [0.3, 0.4) is 0 Å². The fraction of sp³-hybridized carbons (Fsp3) is 0.467. The predicted molar refractivity (Wildman–Crippen MR) is 72.5 cm³/mol. The van der Waals surface area contributed by atoms with Gasteiger partial charge in [0.25, 0.3) is 0 Å². The first-order valence-electron chi connectivity index (χ1n) is 6.95. The van der Waals surface area contributed by atoms with Gasteiger partial charge in [0.1, 0.15) is 0 Å². The SMILES string of the molecule is O=C(C[C@@H]1CCCN1C(=O)OCC(F)(F)F)c1ccccc1. The molecule has 0 saturated carbocycles. The summed E-state index contributed by atoms with van der Waals surface area (Å²) in [6.45, 7) is -1.30. The van der Waals surface area contributed by atoms with Crippen LogP contribution < -0.4 is 0 Å². The van der Waals surface area contributed by atoms with E-state index in [1.807, 2.05) is 0 Å². The Hall–Kier alpha value is -2.05. The third-order valence-electron chi connectivity index (χ3n) is 3.49. The van der Waals surface area contributed by atoms with Gasteiger partial charge in [0.2, 0.25) is 0 Å². The molecule has 1 fully saturated rings. The van der Waals surface area contributed by atoms with Crippen molar-refractivity contribution < 1.29 is 27.5 Å². The Morgan fingerprint density at radius 2 is 1.91 bits per heavy atom. The van der Waals surface area contributed by atoms with Crippen molar-refractivity contribution in [1.29, 1.82) is 0 Å². The number of hydrogen-bond donors (Lipinski definition) is 0. The van der Waals surface area contributed by atoms with Crippen molar-refractivity contribution >= 4 is 11.9 Å². The van der Waals surface area contributed by atoms with Crippen LogP contribution in [0.5, 0.6) is 0 Å². The Bertz CT molecular complexity index is 531. The van der Waals surface area contributed by atoms with Crippen LogP contribution in [-0.2, 0) is 4.74 Å². The zero-order chi connectivity index (χ0) is 16.2. The number of alkyl halides is 3. The second kappa shape index (κ2) is 6.81. The van der Waals surface area contributed by atoms with E-state index in [4.69, 9.17) is 0 Å². The average Bonchev–Trinajstić information content (AvgIpc) is 2.93. The van der Waals surface area contributed by atoms with E-state index < -0.39 is 24.9 Å². The van der Waals surface area contributed by atoms with E-state index in [1.54, 1.807) is 30.3 Å². The second-order valence-electron chi connectivity index (χ2n) is 5.15. The number of carbonyl (C=O) groups excluding carboxylic acids is 2. The fourth-order valence-electron chi connectivity index (χ4n) is 2.47. The van der Waals surface area contributed by atoms with Gasteiger partial charge in [0.15, 0.2) is 12.4 Å². The summed E-state index contributed by atoms with van der Waals surface area (Å²) in [6, 6.07) is 8.18. The lowest BCUT2D eigenvalue weighted by Gasteiger charge is -2.23. The van der Waals surface area contributed by atoms with Gasteiger partial charge in [0.05, 0.1) is 0 Å². The molecular formula is C15H16F3NO3. The molecule has 0 aliphatic carbocycles. The molecule has 0 aromatic heterocycles. The molecule has 1 aliphatic heterocycles. The molecule has 1 aliphatic rings. The summed E-state index contributed by atoms with van der Waals surface area (Å²) in [5.41, 5.74) is 0.526. The van der Waals surface area contributed by atoms with Gasteiger partial charge in [-0.3, -0.25) is 4.79 Å². The molecule has 22 heavy (non-hydrogen) atoms. The highest BCUT2D eigenvalue weighted by molar-refractivity contribution is 5.96. The van der Waals surface area contributed by atoms with Crippen molar-refractivity contribution in [1.82, 2.24) is 4.90 Å². The van der Waals surface area contributed by atoms with Gasteiger partial charge in [-0.1, -0.05) is 30.3 Å². The van der Waals surface area contributed by atoms with Gasteiger partial charge in [-0.15, -0.1) is 0 Å². The van der Waals surface area contributed by atoms with Crippen molar-refractivity contribution in [2.75, 3.05) is 13.2 Å². The van der Waals surface area contributed by atoms with Crippen molar-refractivity contribution in [3.63, 3.8) is 0 Å². The zero-order valence-corrected chi connectivity index (χ0v) is 11.8. The summed E-state index contributed by atoms with van der Waals surface area (Å²) in [7, 11) is 0. The highest BCUT2D eigenvalue weighted by Crippen LogP contribution is 2.24. The average molecular weight is 315 g/mol. The third-order valence-corrected chi connectivity index (χ3v) is 3.49. The van der Waals surface area contributed by atoms with E-state index in [0.717, 1.165) is 0 Å². The molecule has 0 spiro atoms. The van der Waals surface area contributed by atoms with Gasteiger partial charge in [-0.25, -0.2) is 4.79 Å². The van der Waals surface area contributed by atoms with Gasteiger partial charge < -0.3 is 9.64 Å². The van der Waals surface area contributed by atoms with Crippen LogP contribution in [0.25, 0.3) is 0 Å². The molecule has 120 valence electrons. The van der Waals surface area contributed by atoms with E-state index in [0.29, 0.717) is 24.9 Å². The predicted octanol–water partition coefficient (Wildman–Crippen LogP) is 3.42. The van der Waals surface area contributed by atoms with Crippen LogP contribution >= 0.6 is 0 Å². The number of benzene rings is 1. The fourth-order valence-corrected chi connectivity index (χ4v) is 2.47. The third kappa shape index (κ3) is 4.47. The number of ketones is 1. The van der Waals surface area contributed by atoms with Crippen molar-refractivity contribution in [3.8, 4) is 0 Å². The number of Topliss-reactive ketones (excluding diaryl/α,β-unsaturated/α-hetero) is 1. The number of amides is 1. The van der Waals surface area contributed by atoms with E-state index in [1.165, 1.54) is 4.90 Å². The van der Waals surface area contributed by atoms with Crippen LogP contribution in [0, 0.1) is 0 Å². The standard InChI is InChI=1S/C15H16F3NO3/c16-15(17,18)10-22-14(21)19-8-4-7-12(19)9-13(20)11-5-2-1-3-6-11/h1-3,5-6,12H,4,7-10H2/t12-/m0/s1. The maximum absolute atomic E-state index is 12.1. The maximum Gasteiger partial charge on any atom is 0.422 e. The van der Waals surface area contributed by atoms with E-state index in [-0.39, 0.29) is 12.2 Å². The monoisotopic (exact) mass is 315 g/mol. The number of halogens is 3. The highest BCUT2D eigenvalue weighted by atomic mass is 19.4. The Kier molecular flexibility index (Phi) is 5.05. The molecule has 1 heterocycles. The Labute approximate surface area is 125 Å². The quantitative estimate of drug-likeness (QED) is 0.800. The Balaban J connectivity index is 1.93. The van der Waals surface area contributed by atoms with Crippen molar-refractivity contribution in [3.05, 3.63) is 35.9 Å². The van der Waals surface area contributed by atoms with Crippen molar-refractivity contribution in [2.24, 2.45) is 0 Å². The van der Waals surface area contributed by atoms with E-state index >= 15 is 0 Å². The first kappa shape index (κ1) is 16.3. The molecular weight excluding hydrogens is 299 g/mol. The smallest absolute Gasteiger partial charge is 0.422 e. The molecule has 1 saturated heterocycles. The molecule has 0 bridgehead atoms. The van der Waals surface area contributed by atoms with Gasteiger partial charge in [-0.05, 0) is 12.8 Å². The number of ether oxygens (including phenoxy) is 1. The summed E-state index contributed by atoms with van der Waals surface area (Å²) in [5, 5.41) is 0. The van der Waals surface area contributed by atoms with Crippen molar-refractivity contribution in [2.45, 2.75) is 31.5 Å². The molecule has 4 nitrogen and oxygen atoms in total. The molecule has 0 radical (unpaired) electrons. The topological polar surface area (TPSA) is 46.6 Å². The molecule has 7 heteroatoms. The number of nitrogens with zero attached hydrogens (tertiary/aromatic N) is 1. The Morgan fingerprint density at radius 3 is 2.55 bits per heavy atom. The normalized spacial score (nSPS) is 18.3. The molecule has 0 unspecified atom stereocenters. The highest BCUT2D eigenvalue weighted by Gasteiger charge is 2.35. The van der Waals surface area contributed by atoms with Gasteiger partial charge >= 0.3 is 12.3 Å². The summed E-state index contributed by atoms with van der Waals surface area (Å²) < 4.78 is 40.5. The lowest BCUT2D eigenvalue weighted by Crippen LogP contribution is -2.38. The summed E-state index contributed by atoms with van der Waals surface area (Å²) in [5.74, 6) is -0.138. The van der Waals surface area contributed by atoms with Crippen LogP contribution in [0.15, 0.2) is 30.3 Å². The molecule has 1 amide bonds. The molecule has 0 N–H and O–H groups in total.